The number of hydrogen-bond acceptors (Lipinski definition) is 10. The number of ether oxygens (including phenoxy) is 6. The molecule has 0 aromatic rings. The first-order chi connectivity index (χ1) is 14.2. The molecule has 7 aliphatic rings. The largest absolute Gasteiger partial charge is 0.457 e. The van der Waals surface area contributed by atoms with E-state index in [4.69, 9.17) is 28.4 Å². The number of aliphatic hydroxyl groups is 2. The van der Waals surface area contributed by atoms with Gasteiger partial charge in [-0.3, -0.25) is 0 Å². The second kappa shape index (κ2) is 5.36. The maximum absolute atomic E-state index is 12.0. The van der Waals surface area contributed by atoms with E-state index in [1.807, 2.05) is 0 Å². The molecular weight excluding hydrogens is 400 g/mol. The summed E-state index contributed by atoms with van der Waals surface area (Å²) in [6.07, 6.45) is 0.360. The molecule has 10 nitrogen and oxygen atoms in total. The number of rotatable bonds is 0. The lowest BCUT2D eigenvalue weighted by atomic mass is 9.82. The predicted octanol–water partition coefficient (Wildman–Crippen LogP) is -0.578. The number of carbonyl (C=O) groups is 2. The van der Waals surface area contributed by atoms with Crippen LogP contribution in [0, 0.1) is 0 Å². The van der Waals surface area contributed by atoms with E-state index < -0.39 is 71.3 Å². The normalized spacial score (nSPS) is 60.6. The van der Waals surface area contributed by atoms with Gasteiger partial charge in [-0.15, -0.1) is 0 Å². The zero-order chi connectivity index (χ0) is 20.5. The molecule has 0 amide bonds. The highest BCUT2D eigenvalue weighted by Crippen LogP contribution is 2.56. The number of carbonyl (C=O) groups excluding carboxylic acids is 2. The Morgan fingerprint density at radius 3 is 1.57 bits per heavy atom. The fraction of sp³-hybridized carbons (Fsp3) is 0.900. The molecule has 0 aromatic carbocycles. The summed E-state index contributed by atoms with van der Waals surface area (Å²) in [6.45, 7) is 0. The topological polar surface area (TPSA) is 130 Å². The van der Waals surface area contributed by atoms with Crippen LogP contribution < -0.4 is 0 Å². The quantitative estimate of drug-likeness (QED) is 0.487. The SMILES string of the molecule is O=C1OC2CC1(O)CC1OC3(CCCC4(C3)OC3CC5(O)CC(OC5=O)C3O4)OC21. The van der Waals surface area contributed by atoms with E-state index in [1.54, 1.807) is 0 Å². The fourth-order valence-electron chi connectivity index (χ4n) is 6.73. The molecule has 164 valence electrons. The first-order valence-corrected chi connectivity index (χ1v) is 10.8. The van der Waals surface area contributed by atoms with Crippen LogP contribution in [0.5, 0.6) is 0 Å². The third kappa shape index (κ3) is 2.24. The summed E-state index contributed by atoms with van der Waals surface area (Å²) < 4.78 is 36.0. The first kappa shape index (κ1) is 18.3. The molecule has 4 heterocycles. The summed E-state index contributed by atoms with van der Waals surface area (Å²) >= 11 is 0. The summed E-state index contributed by atoms with van der Waals surface area (Å²) in [5.74, 6) is -3.09. The average Bonchev–Trinajstić information content (AvgIpc) is 3.32. The van der Waals surface area contributed by atoms with E-state index in [0.717, 1.165) is 6.42 Å². The Kier molecular flexibility index (Phi) is 3.27. The van der Waals surface area contributed by atoms with Crippen molar-refractivity contribution in [2.75, 3.05) is 0 Å². The van der Waals surface area contributed by atoms with Gasteiger partial charge in [0.25, 0.3) is 0 Å². The van der Waals surface area contributed by atoms with Crippen LogP contribution in [0.2, 0.25) is 0 Å². The Bertz CT molecular complexity index is 781. The number of fused-ring (bicyclic) bond motifs is 8. The van der Waals surface area contributed by atoms with Crippen LogP contribution in [0.15, 0.2) is 0 Å². The molecule has 10 unspecified atom stereocenters. The molecule has 7 rings (SSSR count). The smallest absolute Gasteiger partial charge is 0.338 e. The van der Waals surface area contributed by atoms with Gasteiger partial charge >= 0.3 is 11.9 Å². The van der Waals surface area contributed by atoms with Crippen molar-refractivity contribution in [1.29, 1.82) is 0 Å². The lowest BCUT2D eigenvalue weighted by Gasteiger charge is -2.42. The summed E-state index contributed by atoms with van der Waals surface area (Å²) in [7, 11) is 0. The van der Waals surface area contributed by atoms with Crippen molar-refractivity contribution in [3.05, 3.63) is 0 Å². The zero-order valence-corrected chi connectivity index (χ0v) is 16.3. The molecule has 2 spiro atoms. The molecule has 4 aliphatic heterocycles. The minimum absolute atomic E-state index is 0.153. The minimum Gasteiger partial charge on any atom is -0.457 e. The van der Waals surface area contributed by atoms with Gasteiger partial charge in [-0.1, -0.05) is 0 Å². The van der Waals surface area contributed by atoms with Crippen molar-refractivity contribution in [3.63, 3.8) is 0 Å². The van der Waals surface area contributed by atoms with Crippen LogP contribution in [-0.2, 0) is 38.0 Å². The van der Waals surface area contributed by atoms with Crippen LogP contribution in [-0.4, -0.2) is 81.6 Å². The van der Waals surface area contributed by atoms with Crippen LogP contribution in [0.1, 0.15) is 51.4 Å². The highest BCUT2D eigenvalue weighted by atomic mass is 16.8. The summed E-state index contributed by atoms with van der Waals surface area (Å²) in [5, 5.41) is 21.1. The number of hydrogen-bond donors (Lipinski definition) is 2. The second-order valence-corrected chi connectivity index (χ2v) is 10.1. The Morgan fingerprint density at radius 2 is 1.10 bits per heavy atom. The van der Waals surface area contributed by atoms with E-state index in [0.29, 0.717) is 19.3 Å². The van der Waals surface area contributed by atoms with Crippen molar-refractivity contribution >= 4 is 11.9 Å². The van der Waals surface area contributed by atoms with E-state index in [1.165, 1.54) is 0 Å². The van der Waals surface area contributed by atoms with Gasteiger partial charge in [-0.05, 0) is 6.42 Å². The molecule has 10 heteroatoms. The van der Waals surface area contributed by atoms with E-state index >= 15 is 0 Å². The Balaban J connectivity index is 1.13. The molecule has 4 saturated heterocycles. The molecule has 0 radical (unpaired) electrons. The van der Waals surface area contributed by atoms with Gasteiger partial charge in [0.05, 0.1) is 18.6 Å². The monoisotopic (exact) mass is 424 g/mol. The standard InChI is InChI=1S/C20H24O10/c21-15-17(23)4-9(25-15)13-11(6-17)27-19(29-13)2-1-3-20(8-19)28-12-7-18(24)5-10(14(12)30-20)26-16(18)22/h9-14,23-24H,1-8H2. The third-order valence-electron chi connectivity index (χ3n) is 7.99. The lowest BCUT2D eigenvalue weighted by Crippen LogP contribution is -2.48. The number of esters is 2. The van der Waals surface area contributed by atoms with Crippen LogP contribution >= 0.6 is 0 Å². The Labute approximate surface area is 171 Å². The molecular formula is C20H24O10. The van der Waals surface area contributed by atoms with Crippen molar-refractivity contribution < 1.29 is 48.2 Å². The molecule has 4 bridgehead atoms. The molecule has 7 fully saturated rings. The average molecular weight is 424 g/mol. The molecule has 3 aliphatic carbocycles. The maximum Gasteiger partial charge on any atom is 0.338 e. The molecule has 2 N–H and O–H groups in total. The Morgan fingerprint density at radius 1 is 0.667 bits per heavy atom. The van der Waals surface area contributed by atoms with E-state index in [2.05, 4.69) is 0 Å². The molecule has 3 saturated carbocycles. The molecule has 30 heavy (non-hydrogen) atoms. The lowest BCUT2D eigenvalue weighted by molar-refractivity contribution is -0.292. The second-order valence-electron chi connectivity index (χ2n) is 10.1. The van der Waals surface area contributed by atoms with Crippen LogP contribution in [0.4, 0.5) is 0 Å². The van der Waals surface area contributed by atoms with Crippen molar-refractivity contribution in [3.8, 4) is 0 Å². The predicted molar refractivity (Wildman–Crippen MR) is 91.5 cm³/mol. The van der Waals surface area contributed by atoms with Crippen LogP contribution in [0.25, 0.3) is 0 Å². The van der Waals surface area contributed by atoms with Gasteiger partial charge in [0, 0.05) is 38.5 Å². The highest BCUT2D eigenvalue weighted by molar-refractivity contribution is 5.82. The van der Waals surface area contributed by atoms with Gasteiger partial charge in [-0.2, -0.15) is 0 Å². The molecule has 10 atom stereocenters. The van der Waals surface area contributed by atoms with Crippen molar-refractivity contribution in [2.45, 2.75) is 111 Å². The maximum atomic E-state index is 12.0. The van der Waals surface area contributed by atoms with Gasteiger partial charge in [0.2, 0.25) is 0 Å². The highest BCUT2D eigenvalue weighted by Gasteiger charge is 2.69. The Hall–Kier alpha value is -1.30. The van der Waals surface area contributed by atoms with Gasteiger partial charge < -0.3 is 38.6 Å². The van der Waals surface area contributed by atoms with Crippen LogP contribution in [0.3, 0.4) is 0 Å². The van der Waals surface area contributed by atoms with Crippen molar-refractivity contribution in [2.24, 2.45) is 0 Å². The first-order valence-electron chi connectivity index (χ1n) is 10.8. The third-order valence-corrected chi connectivity index (χ3v) is 7.99. The van der Waals surface area contributed by atoms with Crippen molar-refractivity contribution in [1.82, 2.24) is 0 Å². The zero-order valence-electron chi connectivity index (χ0n) is 16.3. The van der Waals surface area contributed by atoms with Gasteiger partial charge in [-0.25, -0.2) is 9.59 Å². The van der Waals surface area contributed by atoms with E-state index in [-0.39, 0.29) is 25.7 Å². The summed E-state index contributed by atoms with van der Waals surface area (Å²) in [5.41, 5.74) is -3.00. The minimum atomic E-state index is -1.50. The summed E-state index contributed by atoms with van der Waals surface area (Å²) in [6, 6.07) is 0. The summed E-state index contributed by atoms with van der Waals surface area (Å²) in [4.78, 5) is 23.9. The fourth-order valence-corrected chi connectivity index (χ4v) is 6.73. The van der Waals surface area contributed by atoms with Gasteiger partial charge in [0.15, 0.2) is 22.8 Å². The van der Waals surface area contributed by atoms with E-state index in [9.17, 15) is 19.8 Å². The molecule has 0 aromatic heterocycles. The van der Waals surface area contributed by atoms with Gasteiger partial charge in [0.1, 0.15) is 24.4 Å².